The van der Waals surface area contributed by atoms with Gasteiger partial charge in [-0.1, -0.05) is 0 Å². The lowest BCUT2D eigenvalue weighted by Crippen LogP contribution is -2.38. The smallest absolute Gasteiger partial charge is 0.194 e. The number of aromatic nitrogens is 1. The summed E-state index contributed by atoms with van der Waals surface area (Å²) < 4.78 is 16.2. The quantitative estimate of drug-likeness (QED) is 0.590. The van der Waals surface area contributed by atoms with Crippen LogP contribution in [0.1, 0.15) is 16.3 Å². The van der Waals surface area contributed by atoms with E-state index in [9.17, 15) is 0 Å². The molecule has 0 fully saturated rings. The van der Waals surface area contributed by atoms with E-state index in [2.05, 4.69) is 20.7 Å². The van der Waals surface area contributed by atoms with E-state index in [-0.39, 0.29) is 0 Å². The molecule has 26 heavy (non-hydrogen) atoms. The van der Waals surface area contributed by atoms with E-state index in [1.807, 2.05) is 31.0 Å². The zero-order chi connectivity index (χ0) is 19.1. The molecule has 1 heterocycles. The number of ether oxygens (including phenoxy) is 3. The van der Waals surface area contributed by atoms with E-state index in [1.165, 1.54) is 0 Å². The summed E-state index contributed by atoms with van der Waals surface area (Å²) in [6.45, 7) is 3.23. The molecule has 1 aromatic carbocycles. The number of hydrogen-bond donors (Lipinski definition) is 1. The van der Waals surface area contributed by atoms with Crippen molar-refractivity contribution in [1.82, 2.24) is 15.2 Å². The maximum atomic E-state index is 5.47. The molecular weight excluding hydrogens is 352 g/mol. The van der Waals surface area contributed by atoms with Gasteiger partial charge in [0.15, 0.2) is 17.5 Å². The predicted octanol–water partition coefficient (Wildman–Crippen LogP) is 2.68. The van der Waals surface area contributed by atoms with E-state index < -0.39 is 0 Å². The first-order chi connectivity index (χ1) is 12.5. The highest BCUT2D eigenvalue weighted by atomic mass is 32.1. The number of rotatable bonds is 7. The number of benzene rings is 1. The first kappa shape index (κ1) is 19.8. The minimum atomic E-state index is 0.538. The molecule has 0 aliphatic carbocycles. The molecule has 1 aromatic heterocycles. The van der Waals surface area contributed by atoms with Crippen molar-refractivity contribution >= 4 is 17.3 Å². The first-order valence-electron chi connectivity index (χ1n) is 8.14. The number of thiazole rings is 1. The van der Waals surface area contributed by atoms with Crippen molar-refractivity contribution in [3.8, 4) is 17.2 Å². The predicted molar refractivity (Wildman–Crippen MR) is 105 cm³/mol. The molecule has 0 saturated carbocycles. The number of methoxy groups -OCH3 is 3. The Morgan fingerprint density at radius 1 is 1.15 bits per heavy atom. The summed E-state index contributed by atoms with van der Waals surface area (Å²) in [6, 6.07) is 3.72. The largest absolute Gasteiger partial charge is 0.496 e. The molecule has 0 atom stereocenters. The molecule has 0 aliphatic rings. The Balaban J connectivity index is 2.10. The van der Waals surface area contributed by atoms with Crippen LogP contribution in [0.2, 0.25) is 0 Å². The summed E-state index contributed by atoms with van der Waals surface area (Å²) in [7, 11) is 8.60. The fourth-order valence-electron chi connectivity index (χ4n) is 2.59. The van der Waals surface area contributed by atoms with Crippen LogP contribution in [-0.4, -0.2) is 51.3 Å². The fourth-order valence-corrected chi connectivity index (χ4v) is 3.19. The van der Waals surface area contributed by atoms with Gasteiger partial charge in [-0.05, 0) is 13.0 Å². The van der Waals surface area contributed by atoms with Gasteiger partial charge in [0.1, 0.15) is 5.75 Å². The van der Waals surface area contributed by atoms with E-state index in [0.717, 1.165) is 28.0 Å². The molecule has 2 rings (SSSR count). The first-order valence-corrected chi connectivity index (χ1v) is 9.02. The van der Waals surface area contributed by atoms with E-state index in [4.69, 9.17) is 14.2 Å². The molecule has 7 nitrogen and oxygen atoms in total. The van der Waals surface area contributed by atoms with Gasteiger partial charge < -0.3 is 24.4 Å². The number of aliphatic imine (C=N–C) groups is 1. The maximum Gasteiger partial charge on any atom is 0.194 e. The van der Waals surface area contributed by atoms with Crippen LogP contribution in [0.25, 0.3) is 0 Å². The van der Waals surface area contributed by atoms with Gasteiger partial charge in [-0.15, -0.1) is 11.3 Å². The minimum Gasteiger partial charge on any atom is -0.496 e. The fraction of sp³-hybridized carbons (Fsp3) is 0.444. The molecule has 0 spiro atoms. The number of aryl methyl sites for hydroxylation is 1. The molecule has 0 bridgehead atoms. The average Bonchev–Trinajstić information content (AvgIpc) is 3.06. The van der Waals surface area contributed by atoms with Crippen LogP contribution in [0.15, 0.2) is 22.5 Å². The molecular formula is C18H26N4O3S. The van der Waals surface area contributed by atoms with Crippen LogP contribution < -0.4 is 19.5 Å². The molecule has 2 aromatic rings. The molecule has 0 unspecified atom stereocenters. The maximum absolute atomic E-state index is 5.47. The van der Waals surface area contributed by atoms with Crippen LogP contribution in [0.5, 0.6) is 17.2 Å². The van der Waals surface area contributed by atoms with Crippen LogP contribution in [0.3, 0.4) is 0 Å². The van der Waals surface area contributed by atoms with Crippen molar-refractivity contribution in [2.24, 2.45) is 4.99 Å². The Labute approximate surface area is 158 Å². The number of guanidine groups is 1. The molecule has 1 N–H and O–H groups in total. The molecule has 8 heteroatoms. The van der Waals surface area contributed by atoms with Crippen molar-refractivity contribution in [2.45, 2.75) is 20.0 Å². The lowest BCUT2D eigenvalue weighted by atomic mass is 10.1. The third-order valence-corrected chi connectivity index (χ3v) is 4.68. The van der Waals surface area contributed by atoms with Gasteiger partial charge in [0.05, 0.1) is 38.6 Å². The summed E-state index contributed by atoms with van der Waals surface area (Å²) >= 11 is 1.65. The van der Waals surface area contributed by atoms with Crippen LogP contribution in [0, 0.1) is 6.92 Å². The topological polar surface area (TPSA) is 68.2 Å². The standard InChI is InChI=1S/C18H26N4O3S/c1-12-21-14(11-26-12)10-22(3)18(19-2)20-9-13-7-16(24-5)17(25-6)8-15(13)23-4/h7-8,11H,9-10H2,1-6H3,(H,19,20). The normalized spacial score (nSPS) is 11.2. The Bertz CT molecular complexity index is 761. The van der Waals surface area contributed by atoms with E-state index in [1.54, 1.807) is 39.7 Å². The van der Waals surface area contributed by atoms with Gasteiger partial charge in [-0.3, -0.25) is 4.99 Å². The van der Waals surface area contributed by atoms with Gasteiger partial charge in [-0.2, -0.15) is 0 Å². The second kappa shape index (κ2) is 9.28. The van der Waals surface area contributed by atoms with Gasteiger partial charge in [0.25, 0.3) is 0 Å². The molecule has 0 saturated heterocycles. The number of nitrogens with one attached hydrogen (secondary N) is 1. The highest BCUT2D eigenvalue weighted by molar-refractivity contribution is 7.09. The third-order valence-electron chi connectivity index (χ3n) is 3.86. The zero-order valence-corrected chi connectivity index (χ0v) is 16.9. The van der Waals surface area contributed by atoms with Crippen molar-refractivity contribution in [3.05, 3.63) is 33.8 Å². The molecule has 0 amide bonds. The number of hydrogen-bond acceptors (Lipinski definition) is 6. The zero-order valence-electron chi connectivity index (χ0n) is 16.1. The molecule has 0 aliphatic heterocycles. The SMILES string of the molecule is CN=C(NCc1cc(OC)c(OC)cc1OC)N(C)Cc1csc(C)n1. The summed E-state index contributed by atoms with van der Waals surface area (Å²) in [5.41, 5.74) is 1.98. The summed E-state index contributed by atoms with van der Waals surface area (Å²) in [5, 5.41) is 6.48. The highest BCUT2D eigenvalue weighted by Gasteiger charge is 2.14. The Morgan fingerprint density at radius 3 is 2.35 bits per heavy atom. The van der Waals surface area contributed by atoms with Gasteiger partial charge in [0, 0.05) is 37.6 Å². The number of nitrogens with zero attached hydrogens (tertiary/aromatic N) is 3. The van der Waals surface area contributed by atoms with Crippen LogP contribution in [-0.2, 0) is 13.1 Å². The Hall–Kier alpha value is -2.48. The lowest BCUT2D eigenvalue weighted by molar-refractivity contribution is 0.347. The van der Waals surface area contributed by atoms with E-state index in [0.29, 0.717) is 24.6 Å². The van der Waals surface area contributed by atoms with Crippen molar-refractivity contribution in [3.63, 3.8) is 0 Å². The van der Waals surface area contributed by atoms with Gasteiger partial charge >= 0.3 is 0 Å². The lowest BCUT2D eigenvalue weighted by Gasteiger charge is -2.22. The van der Waals surface area contributed by atoms with Crippen molar-refractivity contribution in [1.29, 1.82) is 0 Å². The highest BCUT2D eigenvalue weighted by Crippen LogP contribution is 2.34. The van der Waals surface area contributed by atoms with Crippen molar-refractivity contribution < 1.29 is 14.2 Å². The minimum absolute atomic E-state index is 0.538. The van der Waals surface area contributed by atoms with Crippen LogP contribution >= 0.6 is 11.3 Å². The van der Waals surface area contributed by atoms with Gasteiger partial charge in [-0.25, -0.2) is 4.98 Å². The summed E-state index contributed by atoms with van der Waals surface area (Å²) in [4.78, 5) is 10.9. The summed E-state index contributed by atoms with van der Waals surface area (Å²) in [5.74, 6) is 2.79. The second-order valence-corrected chi connectivity index (χ2v) is 6.70. The average molecular weight is 378 g/mol. The summed E-state index contributed by atoms with van der Waals surface area (Å²) in [6.07, 6.45) is 0. The van der Waals surface area contributed by atoms with Crippen molar-refractivity contribution in [2.75, 3.05) is 35.4 Å². The second-order valence-electron chi connectivity index (χ2n) is 5.63. The van der Waals surface area contributed by atoms with Crippen LogP contribution in [0.4, 0.5) is 0 Å². The Morgan fingerprint density at radius 2 is 1.81 bits per heavy atom. The molecule has 142 valence electrons. The third kappa shape index (κ3) is 4.78. The molecule has 0 radical (unpaired) electrons. The monoisotopic (exact) mass is 378 g/mol. The Kier molecular flexibility index (Phi) is 7.08. The van der Waals surface area contributed by atoms with Gasteiger partial charge in [0.2, 0.25) is 0 Å². The van der Waals surface area contributed by atoms with E-state index >= 15 is 0 Å².